The molecule has 1 N–H and O–H groups in total. The van der Waals surface area contributed by atoms with Crippen LogP contribution in [0.1, 0.15) is 29.8 Å². The van der Waals surface area contributed by atoms with Crippen LogP contribution in [0.2, 0.25) is 5.02 Å². The van der Waals surface area contributed by atoms with Gasteiger partial charge in [-0.2, -0.15) is 0 Å². The lowest BCUT2D eigenvalue weighted by Gasteiger charge is -2.25. The number of nitrogens with one attached hydrogen (secondary N) is 1. The van der Waals surface area contributed by atoms with Gasteiger partial charge >= 0.3 is 0 Å². The minimum Gasteiger partial charge on any atom is -0.351 e. The van der Waals surface area contributed by atoms with Crippen molar-refractivity contribution in [3.63, 3.8) is 0 Å². The lowest BCUT2D eigenvalue weighted by Crippen LogP contribution is -2.36. The molecule has 110 valence electrons. The van der Waals surface area contributed by atoms with Crippen LogP contribution < -0.4 is 5.32 Å². The van der Waals surface area contributed by atoms with Gasteiger partial charge in [-0.1, -0.05) is 55.8 Å². The van der Waals surface area contributed by atoms with E-state index in [1.807, 2.05) is 24.3 Å². The summed E-state index contributed by atoms with van der Waals surface area (Å²) in [5.74, 6) is -0.0997. The van der Waals surface area contributed by atoms with E-state index in [1.54, 1.807) is 12.1 Å². The molecule has 0 saturated carbocycles. The second-order valence-corrected chi connectivity index (χ2v) is 7.13. The van der Waals surface area contributed by atoms with Gasteiger partial charge in [-0.05, 0) is 46.4 Å². The highest BCUT2D eigenvalue weighted by atomic mass is 127. The van der Waals surface area contributed by atoms with E-state index in [-0.39, 0.29) is 11.3 Å². The summed E-state index contributed by atoms with van der Waals surface area (Å²) in [6.45, 7) is 4.80. The standard InChI is InChI=1S/C17H17ClINO/c1-17(2,13-6-4-3-5-7-13)11-20-16(21)12-8-9-15(19)14(18)10-12/h3-10H,11H2,1-2H3,(H,20,21). The van der Waals surface area contributed by atoms with Gasteiger partial charge in [0.25, 0.3) is 5.91 Å². The fraction of sp³-hybridized carbons (Fsp3) is 0.235. The fourth-order valence-electron chi connectivity index (χ4n) is 2.03. The Morgan fingerprint density at radius 2 is 1.86 bits per heavy atom. The number of hydrogen-bond donors (Lipinski definition) is 1. The molecule has 1 amide bonds. The number of carbonyl (C=O) groups excluding carboxylic acids is 1. The van der Waals surface area contributed by atoms with E-state index < -0.39 is 0 Å². The molecule has 0 radical (unpaired) electrons. The van der Waals surface area contributed by atoms with Crippen molar-refractivity contribution in [2.75, 3.05) is 6.54 Å². The first-order valence-corrected chi connectivity index (χ1v) is 8.14. The average Bonchev–Trinajstić information content (AvgIpc) is 2.48. The Labute approximate surface area is 144 Å². The lowest BCUT2D eigenvalue weighted by atomic mass is 9.84. The normalized spacial score (nSPS) is 11.2. The van der Waals surface area contributed by atoms with E-state index in [2.05, 4.69) is 53.9 Å². The van der Waals surface area contributed by atoms with Crippen LogP contribution in [0, 0.1) is 3.57 Å². The van der Waals surface area contributed by atoms with Crippen LogP contribution in [0.15, 0.2) is 48.5 Å². The smallest absolute Gasteiger partial charge is 0.251 e. The van der Waals surface area contributed by atoms with Gasteiger partial charge in [0.15, 0.2) is 0 Å². The second kappa shape index (κ2) is 6.79. The molecule has 0 atom stereocenters. The third-order valence-corrected chi connectivity index (χ3v) is 5.00. The van der Waals surface area contributed by atoms with Gasteiger partial charge in [0, 0.05) is 21.1 Å². The number of carbonyl (C=O) groups is 1. The molecule has 0 aliphatic rings. The number of amides is 1. The van der Waals surface area contributed by atoms with Gasteiger partial charge in [-0.3, -0.25) is 4.79 Å². The zero-order chi connectivity index (χ0) is 15.5. The Balaban J connectivity index is 2.05. The lowest BCUT2D eigenvalue weighted by molar-refractivity contribution is 0.0945. The van der Waals surface area contributed by atoms with Gasteiger partial charge in [0.05, 0.1) is 5.02 Å². The average molecular weight is 414 g/mol. The Kier molecular flexibility index (Phi) is 5.27. The summed E-state index contributed by atoms with van der Waals surface area (Å²) in [5.41, 5.74) is 1.67. The highest BCUT2D eigenvalue weighted by Gasteiger charge is 2.21. The molecule has 0 fully saturated rings. The van der Waals surface area contributed by atoms with E-state index in [4.69, 9.17) is 11.6 Å². The van der Waals surface area contributed by atoms with Gasteiger partial charge < -0.3 is 5.32 Å². The van der Waals surface area contributed by atoms with E-state index in [0.717, 1.165) is 3.57 Å². The van der Waals surface area contributed by atoms with Crippen molar-refractivity contribution in [3.05, 3.63) is 68.3 Å². The Morgan fingerprint density at radius 1 is 1.19 bits per heavy atom. The molecule has 2 rings (SSSR count). The van der Waals surface area contributed by atoms with Crippen molar-refractivity contribution < 1.29 is 4.79 Å². The van der Waals surface area contributed by atoms with Gasteiger partial charge in [0.1, 0.15) is 0 Å². The second-order valence-electron chi connectivity index (χ2n) is 5.56. The van der Waals surface area contributed by atoms with E-state index >= 15 is 0 Å². The molecule has 2 aromatic carbocycles. The predicted octanol–water partition coefficient (Wildman–Crippen LogP) is 4.65. The summed E-state index contributed by atoms with van der Waals surface area (Å²) in [6, 6.07) is 15.5. The Hall–Kier alpha value is -1.07. The SMILES string of the molecule is CC(C)(CNC(=O)c1ccc(I)c(Cl)c1)c1ccccc1. The molecule has 0 heterocycles. The van der Waals surface area contributed by atoms with Crippen LogP contribution in [0.25, 0.3) is 0 Å². The quantitative estimate of drug-likeness (QED) is 0.726. The third-order valence-electron chi connectivity index (χ3n) is 3.43. The van der Waals surface area contributed by atoms with Crippen molar-refractivity contribution in [2.45, 2.75) is 19.3 Å². The van der Waals surface area contributed by atoms with Crippen LogP contribution in [-0.2, 0) is 5.41 Å². The first kappa shape index (κ1) is 16.3. The molecule has 0 aromatic heterocycles. The largest absolute Gasteiger partial charge is 0.351 e. The highest BCUT2D eigenvalue weighted by Crippen LogP contribution is 2.22. The molecule has 0 saturated heterocycles. The highest BCUT2D eigenvalue weighted by molar-refractivity contribution is 14.1. The molecular weight excluding hydrogens is 397 g/mol. The molecule has 0 bridgehead atoms. The third kappa shape index (κ3) is 4.20. The zero-order valence-corrected chi connectivity index (χ0v) is 14.9. The number of benzene rings is 2. The van der Waals surface area contributed by atoms with Crippen LogP contribution in [0.4, 0.5) is 0 Å². The van der Waals surface area contributed by atoms with Crippen molar-refractivity contribution >= 4 is 40.1 Å². The molecule has 4 heteroatoms. The predicted molar refractivity (Wildman–Crippen MR) is 96.0 cm³/mol. The summed E-state index contributed by atoms with van der Waals surface area (Å²) >= 11 is 8.20. The molecule has 2 aromatic rings. The molecule has 0 aliphatic carbocycles. The maximum Gasteiger partial charge on any atom is 0.251 e. The van der Waals surface area contributed by atoms with Crippen LogP contribution >= 0.6 is 34.2 Å². The molecule has 21 heavy (non-hydrogen) atoms. The molecular formula is C17H17ClINO. The molecule has 0 unspecified atom stereocenters. The summed E-state index contributed by atoms with van der Waals surface area (Å²) < 4.78 is 0.940. The summed E-state index contributed by atoms with van der Waals surface area (Å²) in [4.78, 5) is 12.2. The van der Waals surface area contributed by atoms with Crippen molar-refractivity contribution in [1.82, 2.24) is 5.32 Å². The van der Waals surface area contributed by atoms with Gasteiger partial charge in [-0.25, -0.2) is 0 Å². The monoisotopic (exact) mass is 413 g/mol. The number of rotatable bonds is 4. The molecule has 0 spiro atoms. The number of hydrogen-bond acceptors (Lipinski definition) is 1. The first-order valence-electron chi connectivity index (χ1n) is 6.69. The van der Waals surface area contributed by atoms with Crippen molar-refractivity contribution in [3.8, 4) is 0 Å². The van der Waals surface area contributed by atoms with E-state index in [0.29, 0.717) is 17.1 Å². The molecule has 2 nitrogen and oxygen atoms in total. The maximum atomic E-state index is 12.2. The van der Waals surface area contributed by atoms with E-state index in [1.165, 1.54) is 5.56 Å². The van der Waals surface area contributed by atoms with Crippen molar-refractivity contribution in [1.29, 1.82) is 0 Å². The zero-order valence-electron chi connectivity index (χ0n) is 12.0. The minimum absolute atomic E-state index is 0.0997. The first-order chi connectivity index (χ1) is 9.90. The Bertz CT molecular complexity index is 640. The summed E-state index contributed by atoms with van der Waals surface area (Å²) in [6.07, 6.45) is 0. The Morgan fingerprint density at radius 3 is 2.48 bits per heavy atom. The van der Waals surface area contributed by atoms with Crippen LogP contribution in [0.3, 0.4) is 0 Å². The number of halogens is 2. The van der Waals surface area contributed by atoms with Gasteiger partial charge in [0.2, 0.25) is 0 Å². The topological polar surface area (TPSA) is 29.1 Å². The van der Waals surface area contributed by atoms with E-state index in [9.17, 15) is 4.79 Å². The molecule has 0 aliphatic heterocycles. The summed E-state index contributed by atoms with van der Waals surface area (Å²) in [7, 11) is 0. The maximum absolute atomic E-state index is 12.2. The van der Waals surface area contributed by atoms with Crippen LogP contribution in [-0.4, -0.2) is 12.5 Å². The van der Waals surface area contributed by atoms with Crippen molar-refractivity contribution in [2.24, 2.45) is 0 Å². The fourth-order valence-corrected chi connectivity index (χ4v) is 2.55. The van der Waals surface area contributed by atoms with Crippen LogP contribution in [0.5, 0.6) is 0 Å². The van der Waals surface area contributed by atoms with Gasteiger partial charge in [-0.15, -0.1) is 0 Å². The minimum atomic E-state index is -0.121. The summed E-state index contributed by atoms with van der Waals surface area (Å²) in [5, 5.41) is 3.59.